The molecule has 0 unspecified atom stereocenters. The fraction of sp³-hybridized carbons (Fsp3) is 0.217. The van der Waals surface area contributed by atoms with Gasteiger partial charge in [0.05, 0.1) is 20.0 Å². The Morgan fingerprint density at radius 2 is 1.91 bits per heavy atom. The molecule has 1 heterocycles. The number of amides is 1. The summed E-state index contributed by atoms with van der Waals surface area (Å²) in [5, 5.41) is 13.1. The number of nitrogens with zero attached hydrogens (tertiary/aromatic N) is 4. The van der Waals surface area contributed by atoms with Crippen LogP contribution in [0.5, 0.6) is 11.5 Å². The van der Waals surface area contributed by atoms with Gasteiger partial charge in [-0.05, 0) is 36.8 Å². The lowest BCUT2D eigenvalue weighted by atomic mass is 10.2. The zero-order valence-corrected chi connectivity index (χ0v) is 19.0. The zero-order chi connectivity index (χ0) is 22.8. The number of aromatic nitrogens is 3. The highest BCUT2D eigenvalue weighted by Gasteiger charge is 2.16. The first-order valence-corrected chi connectivity index (χ1v) is 11.0. The lowest BCUT2D eigenvalue weighted by Crippen LogP contribution is -2.19. The number of carbonyl (C=O) groups is 1. The molecule has 0 bridgehead atoms. The first-order valence-electron chi connectivity index (χ1n) is 9.98. The lowest BCUT2D eigenvalue weighted by molar-refractivity contribution is -0.118. The molecule has 0 fully saturated rings. The predicted octanol–water partition coefficient (Wildman–Crippen LogP) is 3.89. The van der Waals surface area contributed by atoms with E-state index in [1.807, 2.05) is 66.1 Å². The van der Waals surface area contributed by atoms with Crippen LogP contribution in [0.25, 0.3) is 17.5 Å². The van der Waals surface area contributed by atoms with Crippen molar-refractivity contribution < 1.29 is 14.3 Å². The summed E-state index contributed by atoms with van der Waals surface area (Å²) in [7, 11) is 3.18. The zero-order valence-electron chi connectivity index (χ0n) is 18.2. The number of hydrogen-bond acceptors (Lipinski definition) is 7. The van der Waals surface area contributed by atoms with E-state index in [9.17, 15) is 4.79 Å². The van der Waals surface area contributed by atoms with Crippen LogP contribution in [0.15, 0.2) is 64.9 Å². The summed E-state index contributed by atoms with van der Waals surface area (Å²) >= 11 is 1.30. The maximum atomic E-state index is 12.1. The van der Waals surface area contributed by atoms with Crippen LogP contribution in [0.1, 0.15) is 12.5 Å². The van der Waals surface area contributed by atoms with Crippen molar-refractivity contribution in [3.05, 3.63) is 60.2 Å². The Kier molecular flexibility index (Phi) is 8.44. The van der Waals surface area contributed by atoms with Crippen LogP contribution in [0.4, 0.5) is 0 Å². The smallest absolute Gasteiger partial charge is 0.250 e. The van der Waals surface area contributed by atoms with E-state index in [1.165, 1.54) is 11.8 Å². The molecule has 0 saturated carbocycles. The number of ether oxygens (including phenoxy) is 2. The number of hydrogen-bond donors (Lipinski definition) is 1. The second-order valence-electron chi connectivity index (χ2n) is 6.49. The van der Waals surface area contributed by atoms with E-state index in [2.05, 4.69) is 20.7 Å². The number of nitrogens with one attached hydrogen (secondary N) is 1. The largest absolute Gasteiger partial charge is 0.493 e. The van der Waals surface area contributed by atoms with Crippen LogP contribution in [-0.2, 0) is 11.3 Å². The molecule has 0 aliphatic carbocycles. The molecule has 0 aliphatic heterocycles. The van der Waals surface area contributed by atoms with Gasteiger partial charge in [0, 0.05) is 18.3 Å². The first kappa shape index (κ1) is 23.1. The minimum atomic E-state index is -0.224. The summed E-state index contributed by atoms with van der Waals surface area (Å²) in [6.45, 7) is 2.66. The van der Waals surface area contributed by atoms with Crippen LogP contribution in [0.3, 0.4) is 0 Å². The van der Waals surface area contributed by atoms with Crippen molar-refractivity contribution in [2.45, 2.75) is 18.6 Å². The number of rotatable bonds is 10. The second-order valence-corrected chi connectivity index (χ2v) is 7.43. The van der Waals surface area contributed by atoms with Crippen molar-refractivity contribution >= 4 is 30.0 Å². The van der Waals surface area contributed by atoms with Gasteiger partial charge in [-0.2, -0.15) is 5.10 Å². The van der Waals surface area contributed by atoms with Gasteiger partial charge < -0.3 is 14.0 Å². The maximum absolute atomic E-state index is 12.1. The summed E-state index contributed by atoms with van der Waals surface area (Å²) in [6, 6.07) is 15.4. The number of allylic oxidation sites excluding steroid dienone is 1. The summed E-state index contributed by atoms with van der Waals surface area (Å²) in [5.41, 5.74) is 4.42. The molecule has 2 aromatic carbocycles. The summed E-state index contributed by atoms with van der Waals surface area (Å²) < 4.78 is 12.6. The third-order valence-electron chi connectivity index (χ3n) is 4.45. The molecule has 3 aromatic rings. The molecule has 0 saturated heterocycles. The Bertz CT molecular complexity index is 1100. The van der Waals surface area contributed by atoms with Crippen molar-refractivity contribution in [2.24, 2.45) is 5.10 Å². The third kappa shape index (κ3) is 5.98. The number of thioether (sulfide) groups is 1. The van der Waals surface area contributed by atoms with E-state index in [-0.39, 0.29) is 11.7 Å². The second kappa shape index (κ2) is 11.7. The van der Waals surface area contributed by atoms with Gasteiger partial charge in [-0.15, -0.1) is 10.2 Å². The van der Waals surface area contributed by atoms with Gasteiger partial charge in [-0.1, -0.05) is 48.2 Å². The summed E-state index contributed by atoms with van der Waals surface area (Å²) in [4.78, 5) is 12.1. The lowest BCUT2D eigenvalue weighted by Gasteiger charge is -2.10. The third-order valence-corrected chi connectivity index (χ3v) is 5.41. The van der Waals surface area contributed by atoms with Gasteiger partial charge in [-0.25, -0.2) is 5.43 Å². The molecule has 3 rings (SSSR count). The van der Waals surface area contributed by atoms with Crippen molar-refractivity contribution in [1.82, 2.24) is 20.2 Å². The first-order chi connectivity index (χ1) is 15.7. The van der Waals surface area contributed by atoms with Crippen LogP contribution in [0, 0.1) is 0 Å². The minimum Gasteiger partial charge on any atom is -0.493 e. The average molecular weight is 452 g/mol. The van der Waals surface area contributed by atoms with Gasteiger partial charge in [0.15, 0.2) is 22.5 Å². The molecule has 0 spiro atoms. The molecular formula is C23H25N5O3S. The number of methoxy groups -OCH3 is 2. The highest BCUT2D eigenvalue weighted by Crippen LogP contribution is 2.32. The van der Waals surface area contributed by atoms with Gasteiger partial charge in [0.1, 0.15) is 0 Å². The van der Waals surface area contributed by atoms with Crippen molar-refractivity contribution in [1.29, 1.82) is 0 Å². The van der Waals surface area contributed by atoms with E-state index in [1.54, 1.807) is 26.5 Å². The quantitative estimate of drug-likeness (QED) is 0.286. The fourth-order valence-electron chi connectivity index (χ4n) is 2.90. The maximum Gasteiger partial charge on any atom is 0.250 e. The topological polar surface area (TPSA) is 90.6 Å². The van der Waals surface area contributed by atoms with Gasteiger partial charge in [0.25, 0.3) is 5.91 Å². The molecular weight excluding hydrogens is 426 g/mol. The Morgan fingerprint density at radius 1 is 1.12 bits per heavy atom. The van der Waals surface area contributed by atoms with Crippen molar-refractivity contribution in [3.63, 3.8) is 0 Å². The molecule has 9 heteroatoms. The molecule has 166 valence electrons. The van der Waals surface area contributed by atoms with Gasteiger partial charge in [0.2, 0.25) is 0 Å². The Balaban J connectivity index is 1.59. The number of carbonyl (C=O) groups excluding carboxylic acids is 1. The van der Waals surface area contributed by atoms with E-state index < -0.39 is 0 Å². The summed E-state index contributed by atoms with van der Waals surface area (Å²) in [6.07, 6.45) is 5.22. The Hall–Kier alpha value is -3.59. The molecule has 1 N–H and O–H groups in total. The Morgan fingerprint density at radius 3 is 2.62 bits per heavy atom. The fourth-order valence-corrected chi connectivity index (χ4v) is 3.70. The number of benzene rings is 2. The van der Waals surface area contributed by atoms with E-state index in [0.29, 0.717) is 29.0 Å². The number of hydrazone groups is 1. The SMILES string of the molecule is CCn1c(SCC(=O)N/N=C/C=C/c2ccccc2)nnc1-c1ccc(OC)c(OC)c1. The standard InChI is InChI=1S/C23H25N5O3S/c1-4-28-22(18-12-13-19(30-2)20(15-18)31-3)26-27-23(28)32-16-21(29)25-24-14-8-11-17-9-6-5-7-10-17/h5-15H,4,16H2,1-3H3,(H,25,29)/b11-8+,24-14+. The normalized spacial score (nSPS) is 11.2. The molecule has 0 radical (unpaired) electrons. The van der Waals surface area contributed by atoms with Gasteiger partial charge >= 0.3 is 0 Å². The van der Waals surface area contributed by atoms with Crippen LogP contribution >= 0.6 is 11.8 Å². The minimum absolute atomic E-state index is 0.170. The molecule has 1 amide bonds. The highest BCUT2D eigenvalue weighted by atomic mass is 32.2. The Labute approximate surface area is 191 Å². The van der Waals surface area contributed by atoms with Crippen LogP contribution in [-0.4, -0.2) is 46.9 Å². The van der Waals surface area contributed by atoms with Crippen LogP contribution in [0.2, 0.25) is 0 Å². The highest BCUT2D eigenvalue weighted by molar-refractivity contribution is 7.99. The van der Waals surface area contributed by atoms with Crippen molar-refractivity contribution in [2.75, 3.05) is 20.0 Å². The molecule has 32 heavy (non-hydrogen) atoms. The van der Waals surface area contributed by atoms with E-state index in [4.69, 9.17) is 9.47 Å². The van der Waals surface area contributed by atoms with E-state index in [0.717, 1.165) is 11.1 Å². The van der Waals surface area contributed by atoms with Gasteiger partial charge in [-0.3, -0.25) is 4.79 Å². The van der Waals surface area contributed by atoms with E-state index >= 15 is 0 Å². The molecule has 1 aromatic heterocycles. The predicted molar refractivity (Wildman–Crippen MR) is 127 cm³/mol. The molecule has 8 nitrogen and oxygen atoms in total. The monoisotopic (exact) mass is 451 g/mol. The average Bonchev–Trinajstić information content (AvgIpc) is 3.25. The molecule has 0 aliphatic rings. The summed E-state index contributed by atoms with van der Waals surface area (Å²) in [5.74, 6) is 1.90. The van der Waals surface area contributed by atoms with Crippen molar-refractivity contribution in [3.8, 4) is 22.9 Å². The molecule has 0 atom stereocenters. The van der Waals surface area contributed by atoms with Crippen LogP contribution < -0.4 is 14.9 Å².